The van der Waals surface area contributed by atoms with Crippen molar-refractivity contribution in [3.05, 3.63) is 96.1 Å². The van der Waals surface area contributed by atoms with Crippen LogP contribution >= 0.6 is 0 Å². The normalized spacial score (nSPS) is 18.9. The highest BCUT2D eigenvalue weighted by Crippen LogP contribution is 2.44. The van der Waals surface area contributed by atoms with Crippen LogP contribution < -0.4 is 10.6 Å². The van der Waals surface area contributed by atoms with Gasteiger partial charge in [-0.3, -0.25) is 9.59 Å². The van der Waals surface area contributed by atoms with E-state index in [1.165, 1.54) is 0 Å². The van der Waals surface area contributed by atoms with E-state index in [-0.39, 0.29) is 11.8 Å². The van der Waals surface area contributed by atoms with Gasteiger partial charge in [0.25, 0.3) is 0 Å². The summed E-state index contributed by atoms with van der Waals surface area (Å²) in [5.74, 6) is -0.698. The lowest BCUT2D eigenvalue weighted by molar-refractivity contribution is -0.149. The van der Waals surface area contributed by atoms with E-state index in [1.54, 1.807) is 0 Å². The van der Waals surface area contributed by atoms with Gasteiger partial charge in [-0.2, -0.15) is 0 Å². The van der Waals surface area contributed by atoms with E-state index < -0.39 is 28.7 Å². The molecule has 0 aliphatic heterocycles. The van der Waals surface area contributed by atoms with E-state index in [2.05, 4.69) is 34.9 Å². The fourth-order valence-electron chi connectivity index (χ4n) is 8.99. The van der Waals surface area contributed by atoms with Gasteiger partial charge in [-0.15, -0.1) is 0 Å². The molecule has 4 aromatic carbocycles. The lowest BCUT2D eigenvalue weighted by Crippen LogP contribution is -2.58. The molecule has 6 heteroatoms. The van der Waals surface area contributed by atoms with E-state index in [0.29, 0.717) is 51.4 Å². The highest BCUT2D eigenvalue weighted by atomic mass is 16.3. The molecule has 2 aliphatic rings. The van der Waals surface area contributed by atoms with Crippen LogP contribution in [-0.2, 0) is 9.59 Å². The van der Waals surface area contributed by atoms with Crippen molar-refractivity contribution in [1.29, 1.82) is 0 Å². The summed E-state index contributed by atoms with van der Waals surface area (Å²) in [6, 6.07) is 26.9. The summed E-state index contributed by atoms with van der Waals surface area (Å²) in [5, 5.41) is 35.4. The van der Waals surface area contributed by atoms with Crippen molar-refractivity contribution in [3.8, 4) is 0 Å². The molecule has 2 saturated carbocycles. The number of rotatable bonds is 12. The average molecular weight is 663 g/mol. The number of carbonyl (C=O) groups is 2. The predicted octanol–water partition coefficient (Wildman–Crippen LogP) is 8.98. The lowest BCUT2D eigenvalue weighted by atomic mass is 9.72. The zero-order valence-electron chi connectivity index (χ0n) is 29.3. The maximum absolute atomic E-state index is 15.0. The molecule has 4 aromatic rings. The van der Waals surface area contributed by atoms with E-state index in [0.717, 1.165) is 71.2 Å². The van der Waals surface area contributed by atoms with Gasteiger partial charge in [0, 0.05) is 0 Å². The molecular formula is C43H54N2O4. The first-order valence-corrected chi connectivity index (χ1v) is 18.8. The Balaban J connectivity index is 1.42. The smallest absolute Gasteiger partial charge is 0.236 e. The summed E-state index contributed by atoms with van der Waals surface area (Å²) in [6.07, 6.45) is 9.95. The van der Waals surface area contributed by atoms with Crippen LogP contribution in [0.4, 0.5) is 0 Å². The minimum Gasteiger partial charge on any atom is -0.387 e. The van der Waals surface area contributed by atoms with Crippen LogP contribution in [0.25, 0.3) is 21.5 Å². The van der Waals surface area contributed by atoms with Gasteiger partial charge < -0.3 is 20.8 Å². The van der Waals surface area contributed by atoms with Crippen molar-refractivity contribution in [2.45, 2.75) is 127 Å². The Kier molecular flexibility index (Phi) is 10.8. The van der Waals surface area contributed by atoms with Gasteiger partial charge >= 0.3 is 0 Å². The van der Waals surface area contributed by atoms with Gasteiger partial charge in [0.1, 0.15) is 5.41 Å². The molecule has 0 bridgehead atoms. The molecule has 49 heavy (non-hydrogen) atoms. The molecule has 2 amide bonds. The fraction of sp³-hybridized carbons (Fsp3) is 0.488. The Labute approximate surface area is 291 Å². The maximum Gasteiger partial charge on any atom is 0.236 e. The molecular weight excluding hydrogens is 608 g/mol. The Bertz CT molecular complexity index is 1610. The second kappa shape index (κ2) is 15.0. The number of hydrogen-bond acceptors (Lipinski definition) is 4. The van der Waals surface area contributed by atoms with Crippen LogP contribution in [0.3, 0.4) is 0 Å². The Morgan fingerprint density at radius 2 is 0.959 bits per heavy atom. The second-order valence-corrected chi connectivity index (χ2v) is 14.9. The molecule has 0 saturated heterocycles. The van der Waals surface area contributed by atoms with Crippen LogP contribution in [-0.4, -0.2) is 33.2 Å². The Morgan fingerprint density at radius 1 is 0.592 bits per heavy atom. The van der Waals surface area contributed by atoms with E-state index in [9.17, 15) is 10.2 Å². The first kappa shape index (κ1) is 35.1. The van der Waals surface area contributed by atoms with Crippen LogP contribution in [0, 0.1) is 5.41 Å². The number of fused-ring (bicyclic) bond motifs is 2. The van der Waals surface area contributed by atoms with Gasteiger partial charge in [-0.05, 0) is 71.2 Å². The minimum absolute atomic E-state index is 0.349. The molecule has 4 N–H and O–H groups in total. The number of benzene rings is 4. The van der Waals surface area contributed by atoms with Crippen molar-refractivity contribution in [2.24, 2.45) is 5.41 Å². The molecule has 2 fully saturated rings. The van der Waals surface area contributed by atoms with Gasteiger partial charge in [0.2, 0.25) is 11.8 Å². The molecule has 2 aliphatic carbocycles. The van der Waals surface area contributed by atoms with Crippen molar-refractivity contribution in [2.75, 3.05) is 0 Å². The van der Waals surface area contributed by atoms with Crippen LogP contribution in [0.15, 0.2) is 84.9 Å². The molecule has 0 unspecified atom stereocenters. The number of hydrogen-bond donors (Lipinski definition) is 4. The number of carbonyl (C=O) groups excluding carboxylic acids is 2. The van der Waals surface area contributed by atoms with Gasteiger partial charge in [0.15, 0.2) is 0 Å². The number of amides is 2. The zero-order chi connectivity index (χ0) is 34.5. The van der Waals surface area contributed by atoms with Gasteiger partial charge in [-0.25, -0.2) is 0 Å². The Morgan fingerprint density at radius 3 is 1.35 bits per heavy atom. The van der Waals surface area contributed by atoms with E-state index in [1.807, 2.05) is 74.5 Å². The largest absolute Gasteiger partial charge is 0.387 e. The van der Waals surface area contributed by atoms with Crippen molar-refractivity contribution in [1.82, 2.24) is 10.6 Å². The number of aliphatic hydroxyl groups is 2. The molecule has 6 rings (SSSR count). The SMILES string of the molecule is CCCC(CCC)(C(=O)N[C@@H](c1cccc2ccccc12)C1(O)CCCCC1)C(=O)N[C@@H](c1cccc2ccccc12)C1(O)CCCCC1. The molecule has 2 atom stereocenters. The van der Waals surface area contributed by atoms with E-state index in [4.69, 9.17) is 0 Å². The maximum atomic E-state index is 15.0. The Hall–Kier alpha value is -3.74. The summed E-state index contributed by atoms with van der Waals surface area (Å²) < 4.78 is 0. The highest BCUT2D eigenvalue weighted by Gasteiger charge is 2.50. The quantitative estimate of drug-likeness (QED) is 0.114. The summed E-state index contributed by atoms with van der Waals surface area (Å²) in [5.41, 5.74) is -1.90. The zero-order valence-corrected chi connectivity index (χ0v) is 29.3. The van der Waals surface area contributed by atoms with Crippen LogP contribution in [0.1, 0.15) is 127 Å². The molecule has 0 radical (unpaired) electrons. The third-order valence-electron chi connectivity index (χ3n) is 11.6. The first-order valence-electron chi connectivity index (χ1n) is 18.8. The minimum atomic E-state index is -1.38. The lowest BCUT2D eigenvalue weighted by Gasteiger charge is -2.44. The molecule has 6 nitrogen and oxygen atoms in total. The molecule has 0 aromatic heterocycles. The highest BCUT2D eigenvalue weighted by molar-refractivity contribution is 6.05. The summed E-state index contributed by atoms with van der Waals surface area (Å²) >= 11 is 0. The summed E-state index contributed by atoms with van der Waals surface area (Å²) in [4.78, 5) is 30.1. The third kappa shape index (κ3) is 7.00. The molecule has 0 spiro atoms. The summed E-state index contributed by atoms with van der Waals surface area (Å²) in [7, 11) is 0. The predicted molar refractivity (Wildman–Crippen MR) is 198 cm³/mol. The van der Waals surface area contributed by atoms with Gasteiger partial charge in [0.05, 0.1) is 23.3 Å². The molecule has 260 valence electrons. The van der Waals surface area contributed by atoms with Crippen molar-refractivity contribution >= 4 is 33.4 Å². The van der Waals surface area contributed by atoms with Crippen molar-refractivity contribution in [3.63, 3.8) is 0 Å². The third-order valence-corrected chi connectivity index (χ3v) is 11.6. The summed E-state index contributed by atoms with van der Waals surface area (Å²) in [6.45, 7) is 4.03. The molecule has 0 heterocycles. The first-order chi connectivity index (χ1) is 23.7. The second-order valence-electron chi connectivity index (χ2n) is 14.9. The fourth-order valence-corrected chi connectivity index (χ4v) is 8.99. The van der Waals surface area contributed by atoms with Crippen molar-refractivity contribution < 1.29 is 19.8 Å². The topological polar surface area (TPSA) is 98.7 Å². The van der Waals surface area contributed by atoms with Crippen LogP contribution in [0.2, 0.25) is 0 Å². The van der Waals surface area contributed by atoms with Crippen LogP contribution in [0.5, 0.6) is 0 Å². The van der Waals surface area contributed by atoms with Gasteiger partial charge in [-0.1, -0.05) is 150 Å². The monoisotopic (exact) mass is 662 g/mol. The number of nitrogens with one attached hydrogen (secondary N) is 2. The van der Waals surface area contributed by atoms with E-state index >= 15 is 9.59 Å². The average Bonchev–Trinajstić information content (AvgIpc) is 3.12. The standard InChI is InChI=1S/C43H54N2O4/c1-3-25-41(26-4-2,39(46)44-37(42(48)27-11-5-12-28-42)35-23-15-19-31-17-7-9-21-33(31)35)40(47)45-38(43(49)29-13-6-14-30-43)36-24-16-20-32-18-8-10-22-34(32)36/h7-10,15-24,37-38,48-49H,3-6,11-14,25-30H2,1-2H3,(H,44,46)(H,45,47)/t37-,38-/m0/s1.